The molecule has 0 aromatic heterocycles. The van der Waals surface area contributed by atoms with E-state index >= 15 is 0 Å². The van der Waals surface area contributed by atoms with Gasteiger partial charge in [-0.25, -0.2) is 4.72 Å². The molecule has 0 bridgehead atoms. The van der Waals surface area contributed by atoms with Gasteiger partial charge in [0.05, 0.1) is 6.61 Å². The lowest BCUT2D eigenvalue weighted by atomic mass is 10.1. The van der Waals surface area contributed by atoms with E-state index in [0.29, 0.717) is 6.61 Å². The second-order valence-electron chi connectivity index (χ2n) is 2.74. The van der Waals surface area contributed by atoms with Crippen molar-refractivity contribution in [2.75, 3.05) is 20.3 Å². The number of hydrogen-bond acceptors (Lipinski definition) is 3. The Morgan fingerprint density at radius 3 is 2.75 bits per heavy atom. The molecule has 1 aliphatic rings. The third kappa shape index (κ3) is 3.06. The van der Waals surface area contributed by atoms with Crippen LogP contribution in [0.3, 0.4) is 0 Å². The van der Waals surface area contributed by atoms with Gasteiger partial charge in [0.1, 0.15) is 0 Å². The van der Waals surface area contributed by atoms with Crippen molar-refractivity contribution in [1.29, 1.82) is 0 Å². The molecule has 1 heterocycles. The number of rotatable bonds is 3. The van der Waals surface area contributed by atoms with Crippen LogP contribution in [0.1, 0.15) is 12.8 Å². The van der Waals surface area contributed by atoms with E-state index in [1.807, 2.05) is 0 Å². The Morgan fingerprint density at radius 2 is 2.25 bits per heavy atom. The van der Waals surface area contributed by atoms with Gasteiger partial charge in [-0.15, -0.1) is 0 Å². The summed E-state index contributed by atoms with van der Waals surface area (Å²) in [6.45, 7) is 1.21. The quantitative estimate of drug-likeness (QED) is 0.619. The maximum Gasteiger partial charge on any atom is 0.276 e. The highest BCUT2D eigenvalue weighted by atomic mass is 32.2. The van der Waals surface area contributed by atoms with Gasteiger partial charge in [0.15, 0.2) is 0 Å². The van der Waals surface area contributed by atoms with Gasteiger partial charge in [0, 0.05) is 19.7 Å². The molecule has 0 aromatic rings. The molecule has 2 N–H and O–H groups in total. The van der Waals surface area contributed by atoms with Crippen molar-refractivity contribution in [1.82, 2.24) is 9.44 Å². The van der Waals surface area contributed by atoms with Crippen LogP contribution in [-0.2, 0) is 14.9 Å². The Labute approximate surface area is 72.7 Å². The second kappa shape index (κ2) is 4.18. The van der Waals surface area contributed by atoms with Gasteiger partial charge in [0.2, 0.25) is 0 Å². The molecule has 1 unspecified atom stereocenters. The molecule has 0 amide bonds. The minimum atomic E-state index is -3.30. The molecule has 1 aliphatic heterocycles. The van der Waals surface area contributed by atoms with Crippen molar-refractivity contribution in [2.24, 2.45) is 0 Å². The van der Waals surface area contributed by atoms with E-state index in [1.165, 1.54) is 7.05 Å². The summed E-state index contributed by atoms with van der Waals surface area (Å²) in [5.74, 6) is 0. The van der Waals surface area contributed by atoms with Crippen LogP contribution >= 0.6 is 0 Å². The smallest absolute Gasteiger partial charge is 0.276 e. The molecular weight excluding hydrogens is 180 g/mol. The van der Waals surface area contributed by atoms with Gasteiger partial charge < -0.3 is 4.74 Å². The van der Waals surface area contributed by atoms with Crippen molar-refractivity contribution in [3.8, 4) is 0 Å². The third-order valence-corrected chi connectivity index (χ3v) is 2.93. The molecule has 1 fully saturated rings. The first-order valence-electron chi connectivity index (χ1n) is 3.92. The zero-order valence-corrected chi connectivity index (χ0v) is 7.86. The Bertz CT molecular complexity index is 221. The molecule has 1 rings (SSSR count). The predicted molar refractivity (Wildman–Crippen MR) is 45.0 cm³/mol. The van der Waals surface area contributed by atoms with Gasteiger partial charge in [-0.3, -0.25) is 0 Å². The van der Waals surface area contributed by atoms with Crippen molar-refractivity contribution < 1.29 is 13.2 Å². The van der Waals surface area contributed by atoms with E-state index in [0.717, 1.165) is 19.4 Å². The first-order valence-corrected chi connectivity index (χ1v) is 5.41. The second-order valence-corrected chi connectivity index (χ2v) is 4.39. The minimum absolute atomic E-state index is 0.0730. The molecule has 5 nitrogen and oxygen atoms in total. The van der Waals surface area contributed by atoms with Crippen molar-refractivity contribution >= 4 is 10.2 Å². The molecule has 0 spiro atoms. The van der Waals surface area contributed by atoms with Gasteiger partial charge in [-0.05, 0) is 12.8 Å². The summed E-state index contributed by atoms with van der Waals surface area (Å²) >= 11 is 0. The van der Waals surface area contributed by atoms with Crippen molar-refractivity contribution in [2.45, 2.75) is 18.9 Å². The minimum Gasteiger partial charge on any atom is -0.380 e. The standard InChI is InChI=1S/C6H14N2O3S/c1-7-12(9,10)8-6-3-2-4-11-5-6/h6-8H,2-5H2,1H3. The largest absolute Gasteiger partial charge is 0.380 e. The fourth-order valence-electron chi connectivity index (χ4n) is 1.11. The van der Waals surface area contributed by atoms with E-state index in [9.17, 15) is 8.42 Å². The van der Waals surface area contributed by atoms with Gasteiger partial charge in [-0.1, -0.05) is 0 Å². The van der Waals surface area contributed by atoms with Crippen LogP contribution in [0.2, 0.25) is 0 Å². The van der Waals surface area contributed by atoms with Crippen LogP contribution in [0.15, 0.2) is 0 Å². The van der Waals surface area contributed by atoms with E-state index in [4.69, 9.17) is 4.74 Å². The number of nitrogens with one attached hydrogen (secondary N) is 2. The molecule has 72 valence electrons. The fourth-order valence-corrected chi connectivity index (χ4v) is 1.85. The first-order chi connectivity index (χ1) is 5.64. The maximum atomic E-state index is 11.0. The molecule has 0 saturated carbocycles. The summed E-state index contributed by atoms with van der Waals surface area (Å²) in [4.78, 5) is 0. The van der Waals surface area contributed by atoms with Crippen LogP contribution in [0, 0.1) is 0 Å². The number of hydrogen-bond donors (Lipinski definition) is 2. The highest BCUT2D eigenvalue weighted by molar-refractivity contribution is 7.87. The van der Waals surface area contributed by atoms with Crippen LogP contribution in [-0.4, -0.2) is 34.7 Å². The molecular formula is C6H14N2O3S. The normalized spacial score (nSPS) is 25.6. The average molecular weight is 194 g/mol. The van der Waals surface area contributed by atoms with Crippen molar-refractivity contribution in [3.63, 3.8) is 0 Å². The fraction of sp³-hybridized carbons (Fsp3) is 1.00. The maximum absolute atomic E-state index is 11.0. The van der Waals surface area contributed by atoms with Crippen LogP contribution in [0.4, 0.5) is 0 Å². The zero-order chi connectivity index (χ0) is 9.03. The Balaban J connectivity index is 2.39. The van der Waals surface area contributed by atoms with Gasteiger partial charge >= 0.3 is 0 Å². The Kier molecular flexibility index (Phi) is 3.45. The lowest BCUT2D eigenvalue weighted by molar-refractivity contribution is 0.0773. The topological polar surface area (TPSA) is 67.4 Å². The van der Waals surface area contributed by atoms with Gasteiger partial charge in [0.25, 0.3) is 10.2 Å². The Hall–Kier alpha value is -0.170. The highest BCUT2D eigenvalue weighted by Crippen LogP contribution is 2.05. The molecule has 0 aliphatic carbocycles. The number of ether oxygens (including phenoxy) is 1. The van der Waals surface area contributed by atoms with Gasteiger partial charge in [-0.2, -0.15) is 13.1 Å². The highest BCUT2D eigenvalue weighted by Gasteiger charge is 2.18. The molecule has 12 heavy (non-hydrogen) atoms. The van der Waals surface area contributed by atoms with E-state index < -0.39 is 10.2 Å². The summed E-state index contributed by atoms with van der Waals surface area (Å²) in [7, 11) is -1.92. The molecule has 6 heteroatoms. The molecule has 0 aromatic carbocycles. The summed E-state index contributed by atoms with van der Waals surface area (Å²) in [6, 6.07) is -0.0730. The summed E-state index contributed by atoms with van der Waals surface area (Å²) in [5, 5.41) is 0. The molecule has 1 saturated heterocycles. The summed E-state index contributed by atoms with van der Waals surface area (Å²) in [5.41, 5.74) is 0. The van der Waals surface area contributed by atoms with E-state index in [-0.39, 0.29) is 6.04 Å². The monoisotopic (exact) mass is 194 g/mol. The summed E-state index contributed by atoms with van der Waals surface area (Å²) in [6.07, 6.45) is 1.76. The lowest BCUT2D eigenvalue weighted by Gasteiger charge is -2.22. The van der Waals surface area contributed by atoms with Crippen molar-refractivity contribution in [3.05, 3.63) is 0 Å². The van der Waals surface area contributed by atoms with E-state index in [2.05, 4.69) is 9.44 Å². The summed E-state index contributed by atoms with van der Waals surface area (Å²) < 4.78 is 31.8. The Morgan fingerprint density at radius 1 is 1.50 bits per heavy atom. The third-order valence-electron chi connectivity index (χ3n) is 1.75. The first kappa shape index (κ1) is 9.91. The van der Waals surface area contributed by atoms with Crippen LogP contribution < -0.4 is 9.44 Å². The predicted octanol–water partition coefficient (Wildman–Crippen LogP) is -0.781. The van der Waals surface area contributed by atoms with E-state index in [1.54, 1.807) is 0 Å². The zero-order valence-electron chi connectivity index (χ0n) is 7.04. The lowest BCUT2D eigenvalue weighted by Crippen LogP contribution is -2.45. The molecule has 0 radical (unpaired) electrons. The average Bonchev–Trinajstić information content (AvgIpc) is 2.06. The van der Waals surface area contributed by atoms with Crippen LogP contribution in [0.5, 0.6) is 0 Å². The molecule has 1 atom stereocenters. The SMILES string of the molecule is CNS(=O)(=O)NC1CCCOC1. The van der Waals surface area contributed by atoms with Crippen LogP contribution in [0.25, 0.3) is 0 Å².